The molecular formula is C20H22F3NO. The van der Waals surface area contributed by atoms with E-state index in [1.54, 1.807) is 0 Å². The van der Waals surface area contributed by atoms with E-state index in [9.17, 15) is 13.2 Å². The van der Waals surface area contributed by atoms with Gasteiger partial charge < -0.3 is 4.74 Å². The first-order valence-electron chi connectivity index (χ1n) is 8.59. The predicted octanol–water partition coefficient (Wildman–Crippen LogP) is 4.64. The van der Waals surface area contributed by atoms with Crippen LogP contribution in [0.5, 0.6) is 0 Å². The van der Waals surface area contributed by atoms with Gasteiger partial charge in [0.2, 0.25) is 0 Å². The molecular weight excluding hydrogens is 327 g/mol. The highest BCUT2D eigenvalue weighted by molar-refractivity contribution is 5.64. The van der Waals surface area contributed by atoms with Crippen molar-refractivity contribution in [3.8, 4) is 11.1 Å². The van der Waals surface area contributed by atoms with Crippen LogP contribution in [0.2, 0.25) is 0 Å². The van der Waals surface area contributed by atoms with Crippen molar-refractivity contribution in [1.29, 1.82) is 0 Å². The molecule has 0 saturated carbocycles. The Balaban J connectivity index is 1.54. The lowest BCUT2D eigenvalue weighted by molar-refractivity contribution is -0.137. The van der Waals surface area contributed by atoms with Crippen molar-refractivity contribution < 1.29 is 17.9 Å². The summed E-state index contributed by atoms with van der Waals surface area (Å²) in [4.78, 5) is 2.42. The number of rotatable bonds is 5. The Labute approximate surface area is 146 Å². The summed E-state index contributed by atoms with van der Waals surface area (Å²) < 4.78 is 43.2. The van der Waals surface area contributed by atoms with E-state index in [4.69, 9.17) is 4.74 Å². The third kappa shape index (κ3) is 5.06. The lowest BCUT2D eigenvalue weighted by Crippen LogP contribution is -2.36. The molecule has 25 heavy (non-hydrogen) atoms. The molecule has 0 spiro atoms. The average Bonchev–Trinajstić information content (AvgIpc) is 2.63. The molecule has 1 aliphatic heterocycles. The molecule has 2 aromatic rings. The van der Waals surface area contributed by atoms with Gasteiger partial charge in [0.05, 0.1) is 18.8 Å². The summed E-state index contributed by atoms with van der Waals surface area (Å²) >= 11 is 0. The van der Waals surface area contributed by atoms with Crippen molar-refractivity contribution in [2.24, 2.45) is 0 Å². The largest absolute Gasteiger partial charge is 0.416 e. The monoisotopic (exact) mass is 349 g/mol. The SMILES string of the molecule is FC(F)(F)c1ccc(-c2ccc(CCCN3CCOCC3)cc2)cc1. The number of morpholine rings is 1. The zero-order valence-electron chi connectivity index (χ0n) is 14.1. The Kier molecular flexibility index (Phi) is 5.76. The lowest BCUT2D eigenvalue weighted by atomic mass is 10.0. The van der Waals surface area contributed by atoms with Gasteiger partial charge in [-0.05, 0) is 48.2 Å². The van der Waals surface area contributed by atoms with Crippen LogP contribution in [0.15, 0.2) is 48.5 Å². The van der Waals surface area contributed by atoms with Crippen LogP contribution in [0, 0.1) is 0 Å². The van der Waals surface area contributed by atoms with Gasteiger partial charge in [0.15, 0.2) is 0 Å². The number of halogens is 3. The second-order valence-electron chi connectivity index (χ2n) is 6.33. The zero-order valence-corrected chi connectivity index (χ0v) is 14.1. The molecule has 0 aliphatic carbocycles. The highest BCUT2D eigenvalue weighted by Gasteiger charge is 2.29. The van der Waals surface area contributed by atoms with Crippen LogP contribution < -0.4 is 0 Å². The zero-order chi connectivity index (χ0) is 17.7. The summed E-state index contributed by atoms with van der Waals surface area (Å²) in [5, 5.41) is 0. The summed E-state index contributed by atoms with van der Waals surface area (Å²) in [7, 11) is 0. The third-order valence-electron chi connectivity index (χ3n) is 4.54. The van der Waals surface area contributed by atoms with E-state index in [0.29, 0.717) is 0 Å². The third-order valence-corrected chi connectivity index (χ3v) is 4.54. The molecule has 2 aromatic carbocycles. The first-order valence-corrected chi connectivity index (χ1v) is 8.59. The first-order chi connectivity index (χ1) is 12.0. The van der Waals surface area contributed by atoms with Gasteiger partial charge in [-0.1, -0.05) is 36.4 Å². The minimum atomic E-state index is -4.29. The van der Waals surface area contributed by atoms with Crippen LogP contribution in [-0.4, -0.2) is 37.7 Å². The fourth-order valence-corrected chi connectivity index (χ4v) is 3.05. The number of hydrogen-bond acceptors (Lipinski definition) is 2. The van der Waals surface area contributed by atoms with E-state index >= 15 is 0 Å². The predicted molar refractivity (Wildman–Crippen MR) is 92.5 cm³/mol. The molecule has 2 nitrogen and oxygen atoms in total. The number of aryl methyl sites for hydroxylation is 1. The maximum atomic E-state index is 12.6. The van der Waals surface area contributed by atoms with Gasteiger partial charge in [0, 0.05) is 13.1 Å². The van der Waals surface area contributed by atoms with Gasteiger partial charge in [-0.25, -0.2) is 0 Å². The quantitative estimate of drug-likeness (QED) is 0.780. The lowest BCUT2D eigenvalue weighted by Gasteiger charge is -2.26. The van der Waals surface area contributed by atoms with E-state index in [0.717, 1.165) is 68.9 Å². The average molecular weight is 349 g/mol. The van der Waals surface area contributed by atoms with Crippen LogP contribution in [0.4, 0.5) is 13.2 Å². The maximum absolute atomic E-state index is 12.6. The molecule has 5 heteroatoms. The molecule has 1 aliphatic rings. The second kappa shape index (κ2) is 8.02. The Morgan fingerprint density at radius 1 is 0.840 bits per heavy atom. The van der Waals surface area contributed by atoms with E-state index in [1.807, 2.05) is 12.1 Å². The molecule has 0 radical (unpaired) electrons. The molecule has 0 aromatic heterocycles. The van der Waals surface area contributed by atoms with Crippen molar-refractivity contribution in [1.82, 2.24) is 4.90 Å². The highest BCUT2D eigenvalue weighted by Crippen LogP contribution is 2.31. The normalized spacial score (nSPS) is 16.1. The van der Waals surface area contributed by atoms with E-state index in [-0.39, 0.29) is 0 Å². The number of ether oxygens (including phenoxy) is 1. The summed E-state index contributed by atoms with van der Waals surface area (Å²) in [5.74, 6) is 0. The summed E-state index contributed by atoms with van der Waals surface area (Å²) in [6, 6.07) is 13.4. The van der Waals surface area contributed by atoms with Crippen LogP contribution in [0.3, 0.4) is 0 Å². The molecule has 0 bridgehead atoms. The minimum absolute atomic E-state index is 0.615. The molecule has 134 valence electrons. The Hall–Kier alpha value is -1.85. The Morgan fingerprint density at radius 3 is 1.96 bits per heavy atom. The molecule has 0 amide bonds. The molecule has 0 unspecified atom stereocenters. The number of benzene rings is 2. The van der Waals surface area contributed by atoms with E-state index in [2.05, 4.69) is 17.0 Å². The molecule has 1 fully saturated rings. The van der Waals surface area contributed by atoms with Crippen molar-refractivity contribution in [2.45, 2.75) is 19.0 Å². The number of hydrogen-bond donors (Lipinski definition) is 0. The van der Waals surface area contributed by atoms with Gasteiger partial charge >= 0.3 is 6.18 Å². The Morgan fingerprint density at radius 2 is 1.40 bits per heavy atom. The molecule has 1 heterocycles. The van der Waals surface area contributed by atoms with Crippen LogP contribution in [0.25, 0.3) is 11.1 Å². The van der Waals surface area contributed by atoms with Crippen LogP contribution >= 0.6 is 0 Å². The molecule has 0 N–H and O–H groups in total. The smallest absolute Gasteiger partial charge is 0.379 e. The van der Waals surface area contributed by atoms with Crippen molar-refractivity contribution in [2.75, 3.05) is 32.8 Å². The topological polar surface area (TPSA) is 12.5 Å². The first kappa shape index (κ1) is 18.0. The summed E-state index contributed by atoms with van der Waals surface area (Å²) in [6.45, 7) is 4.73. The van der Waals surface area contributed by atoms with Gasteiger partial charge in [0.1, 0.15) is 0 Å². The van der Waals surface area contributed by atoms with E-state index < -0.39 is 11.7 Å². The van der Waals surface area contributed by atoms with Crippen molar-refractivity contribution in [3.05, 3.63) is 59.7 Å². The maximum Gasteiger partial charge on any atom is 0.416 e. The highest BCUT2D eigenvalue weighted by atomic mass is 19.4. The fourth-order valence-electron chi connectivity index (χ4n) is 3.05. The summed E-state index contributed by atoms with van der Waals surface area (Å²) in [6.07, 6.45) is -2.19. The number of alkyl halides is 3. The Bertz CT molecular complexity index is 659. The van der Waals surface area contributed by atoms with Gasteiger partial charge in [-0.3, -0.25) is 4.90 Å². The van der Waals surface area contributed by atoms with Crippen LogP contribution in [-0.2, 0) is 17.3 Å². The standard InChI is InChI=1S/C20H22F3NO/c21-20(22,23)19-9-7-18(8-10-19)17-5-3-16(4-6-17)2-1-11-24-12-14-25-15-13-24/h3-10H,1-2,11-15H2. The molecule has 3 rings (SSSR count). The van der Waals surface area contributed by atoms with Gasteiger partial charge in [-0.2, -0.15) is 13.2 Å². The minimum Gasteiger partial charge on any atom is -0.379 e. The van der Waals surface area contributed by atoms with Crippen molar-refractivity contribution >= 4 is 0 Å². The molecule has 1 saturated heterocycles. The number of nitrogens with zero attached hydrogens (tertiary/aromatic N) is 1. The van der Waals surface area contributed by atoms with Gasteiger partial charge in [0.25, 0.3) is 0 Å². The van der Waals surface area contributed by atoms with Crippen LogP contribution in [0.1, 0.15) is 17.5 Å². The summed E-state index contributed by atoms with van der Waals surface area (Å²) in [5.41, 5.74) is 2.37. The van der Waals surface area contributed by atoms with Gasteiger partial charge in [-0.15, -0.1) is 0 Å². The fraction of sp³-hybridized carbons (Fsp3) is 0.400. The molecule has 0 atom stereocenters. The van der Waals surface area contributed by atoms with Crippen molar-refractivity contribution in [3.63, 3.8) is 0 Å². The van der Waals surface area contributed by atoms with E-state index in [1.165, 1.54) is 17.7 Å². The second-order valence-corrected chi connectivity index (χ2v) is 6.33.